The van der Waals surface area contributed by atoms with E-state index < -0.39 is 0 Å². The highest BCUT2D eigenvalue weighted by atomic mass is 16.5. The van der Waals surface area contributed by atoms with Crippen LogP contribution in [0.5, 0.6) is 5.75 Å². The van der Waals surface area contributed by atoms with Crippen LogP contribution in [0.1, 0.15) is 38.7 Å². The van der Waals surface area contributed by atoms with Crippen LogP contribution in [0.2, 0.25) is 0 Å². The van der Waals surface area contributed by atoms with Crippen molar-refractivity contribution in [2.24, 2.45) is 0 Å². The van der Waals surface area contributed by atoms with Gasteiger partial charge in [0.1, 0.15) is 11.9 Å². The third-order valence-electron chi connectivity index (χ3n) is 2.71. The predicted octanol–water partition coefficient (Wildman–Crippen LogP) is 3.19. The Morgan fingerprint density at radius 1 is 1.31 bits per heavy atom. The SMILES string of the molecule is CCC(CNC)Oc1cccc(C(C)C)c1. The largest absolute Gasteiger partial charge is 0.489 e. The van der Waals surface area contributed by atoms with Crippen LogP contribution in [0, 0.1) is 0 Å². The van der Waals surface area contributed by atoms with E-state index in [1.165, 1.54) is 5.56 Å². The highest BCUT2D eigenvalue weighted by Crippen LogP contribution is 2.21. The Morgan fingerprint density at radius 3 is 2.62 bits per heavy atom. The summed E-state index contributed by atoms with van der Waals surface area (Å²) in [5.74, 6) is 1.53. The monoisotopic (exact) mass is 221 g/mol. The van der Waals surface area contributed by atoms with Gasteiger partial charge in [-0.2, -0.15) is 0 Å². The molecule has 1 unspecified atom stereocenters. The van der Waals surface area contributed by atoms with Crippen LogP contribution in [-0.4, -0.2) is 19.7 Å². The number of rotatable bonds is 6. The van der Waals surface area contributed by atoms with E-state index in [1.807, 2.05) is 13.1 Å². The third-order valence-corrected chi connectivity index (χ3v) is 2.71. The van der Waals surface area contributed by atoms with E-state index in [1.54, 1.807) is 0 Å². The minimum absolute atomic E-state index is 0.257. The Hall–Kier alpha value is -1.02. The molecule has 0 heterocycles. The van der Waals surface area contributed by atoms with E-state index in [4.69, 9.17) is 4.74 Å². The van der Waals surface area contributed by atoms with Crippen molar-refractivity contribution < 1.29 is 4.74 Å². The number of likely N-dealkylation sites (N-methyl/N-ethyl adjacent to an activating group) is 1. The highest BCUT2D eigenvalue weighted by molar-refractivity contribution is 5.30. The van der Waals surface area contributed by atoms with Gasteiger partial charge in [-0.1, -0.05) is 32.9 Å². The summed E-state index contributed by atoms with van der Waals surface area (Å²) < 4.78 is 5.93. The fourth-order valence-electron chi connectivity index (χ4n) is 1.64. The smallest absolute Gasteiger partial charge is 0.120 e. The highest BCUT2D eigenvalue weighted by Gasteiger charge is 2.07. The molecule has 1 aromatic carbocycles. The van der Waals surface area contributed by atoms with Crippen molar-refractivity contribution in [2.45, 2.75) is 39.2 Å². The van der Waals surface area contributed by atoms with Gasteiger partial charge in [-0.3, -0.25) is 0 Å². The number of benzene rings is 1. The Balaban J connectivity index is 2.68. The molecule has 16 heavy (non-hydrogen) atoms. The molecule has 1 N–H and O–H groups in total. The molecule has 0 fully saturated rings. The average Bonchev–Trinajstić information content (AvgIpc) is 2.29. The lowest BCUT2D eigenvalue weighted by Gasteiger charge is -2.18. The van der Waals surface area contributed by atoms with Crippen LogP contribution in [0.15, 0.2) is 24.3 Å². The van der Waals surface area contributed by atoms with Gasteiger partial charge < -0.3 is 10.1 Å². The van der Waals surface area contributed by atoms with Gasteiger partial charge in [-0.15, -0.1) is 0 Å². The molecule has 0 amide bonds. The second-order valence-electron chi connectivity index (χ2n) is 4.43. The van der Waals surface area contributed by atoms with Crippen LogP contribution >= 0.6 is 0 Å². The summed E-state index contributed by atoms with van der Waals surface area (Å²) >= 11 is 0. The van der Waals surface area contributed by atoms with Gasteiger partial charge in [0, 0.05) is 6.54 Å². The van der Waals surface area contributed by atoms with E-state index in [9.17, 15) is 0 Å². The summed E-state index contributed by atoms with van der Waals surface area (Å²) in [4.78, 5) is 0. The van der Waals surface area contributed by atoms with Gasteiger partial charge in [0.15, 0.2) is 0 Å². The van der Waals surface area contributed by atoms with E-state index in [2.05, 4.69) is 44.3 Å². The van der Waals surface area contributed by atoms with Crippen molar-refractivity contribution in [3.8, 4) is 5.75 Å². The average molecular weight is 221 g/mol. The fourth-order valence-corrected chi connectivity index (χ4v) is 1.64. The zero-order valence-corrected chi connectivity index (χ0v) is 10.8. The summed E-state index contributed by atoms with van der Waals surface area (Å²) in [5.41, 5.74) is 1.33. The summed E-state index contributed by atoms with van der Waals surface area (Å²) in [7, 11) is 1.95. The van der Waals surface area contributed by atoms with Gasteiger partial charge in [-0.05, 0) is 37.1 Å². The first-order valence-corrected chi connectivity index (χ1v) is 6.08. The molecular formula is C14H23NO. The van der Waals surface area contributed by atoms with Crippen LogP contribution in [0.3, 0.4) is 0 Å². The molecule has 2 nitrogen and oxygen atoms in total. The van der Waals surface area contributed by atoms with Crippen LogP contribution in [-0.2, 0) is 0 Å². The topological polar surface area (TPSA) is 21.3 Å². The normalized spacial score (nSPS) is 12.8. The molecule has 0 saturated heterocycles. The van der Waals surface area contributed by atoms with Crippen molar-refractivity contribution in [1.29, 1.82) is 0 Å². The molecule has 0 radical (unpaired) electrons. The molecule has 1 rings (SSSR count). The van der Waals surface area contributed by atoms with Crippen LogP contribution < -0.4 is 10.1 Å². The first kappa shape index (κ1) is 13.0. The van der Waals surface area contributed by atoms with E-state index >= 15 is 0 Å². The fraction of sp³-hybridized carbons (Fsp3) is 0.571. The van der Waals surface area contributed by atoms with Crippen molar-refractivity contribution in [1.82, 2.24) is 5.32 Å². The van der Waals surface area contributed by atoms with E-state index in [0.717, 1.165) is 18.7 Å². The van der Waals surface area contributed by atoms with Crippen molar-refractivity contribution in [2.75, 3.05) is 13.6 Å². The second kappa shape index (κ2) is 6.54. The van der Waals surface area contributed by atoms with Gasteiger partial charge in [0.2, 0.25) is 0 Å². The summed E-state index contributed by atoms with van der Waals surface area (Å²) in [6, 6.07) is 8.39. The minimum atomic E-state index is 0.257. The van der Waals surface area contributed by atoms with E-state index in [0.29, 0.717) is 5.92 Å². The van der Waals surface area contributed by atoms with E-state index in [-0.39, 0.29) is 6.10 Å². The molecule has 1 atom stereocenters. The Labute approximate surface area is 99.0 Å². The Morgan fingerprint density at radius 2 is 2.06 bits per heavy atom. The minimum Gasteiger partial charge on any atom is -0.489 e. The lowest BCUT2D eigenvalue weighted by Crippen LogP contribution is -2.28. The first-order valence-electron chi connectivity index (χ1n) is 6.08. The molecule has 0 aliphatic carbocycles. The lowest BCUT2D eigenvalue weighted by atomic mass is 10.0. The molecular weight excluding hydrogens is 198 g/mol. The molecule has 2 heteroatoms. The summed E-state index contributed by atoms with van der Waals surface area (Å²) in [5, 5.41) is 3.15. The molecule has 0 aliphatic rings. The van der Waals surface area contributed by atoms with Crippen molar-refractivity contribution in [3.63, 3.8) is 0 Å². The summed E-state index contributed by atoms with van der Waals surface area (Å²) in [6.45, 7) is 7.44. The second-order valence-corrected chi connectivity index (χ2v) is 4.43. The van der Waals surface area contributed by atoms with Crippen molar-refractivity contribution >= 4 is 0 Å². The zero-order valence-electron chi connectivity index (χ0n) is 10.8. The van der Waals surface area contributed by atoms with Gasteiger partial charge in [0.25, 0.3) is 0 Å². The number of hydrogen-bond acceptors (Lipinski definition) is 2. The van der Waals surface area contributed by atoms with Crippen LogP contribution in [0.4, 0.5) is 0 Å². The molecule has 0 aromatic heterocycles. The van der Waals surface area contributed by atoms with Gasteiger partial charge >= 0.3 is 0 Å². The molecule has 0 spiro atoms. The Kier molecular flexibility index (Phi) is 5.33. The molecule has 0 bridgehead atoms. The molecule has 0 aliphatic heterocycles. The Bertz CT molecular complexity index is 309. The first-order chi connectivity index (χ1) is 7.67. The van der Waals surface area contributed by atoms with Crippen molar-refractivity contribution in [3.05, 3.63) is 29.8 Å². The number of hydrogen-bond donors (Lipinski definition) is 1. The lowest BCUT2D eigenvalue weighted by molar-refractivity contribution is 0.196. The maximum atomic E-state index is 5.93. The number of nitrogens with one attached hydrogen (secondary N) is 1. The predicted molar refractivity (Wildman–Crippen MR) is 69.2 cm³/mol. The molecule has 1 aromatic rings. The molecule has 90 valence electrons. The third kappa shape index (κ3) is 3.86. The molecule has 0 saturated carbocycles. The summed E-state index contributed by atoms with van der Waals surface area (Å²) in [6.07, 6.45) is 1.28. The quantitative estimate of drug-likeness (QED) is 0.796. The zero-order chi connectivity index (χ0) is 12.0. The van der Waals surface area contributed by atoms with Gasteiger partial charge in [0.05, 0.1) is 0 Å². The standard InChI is InChI=1S/C14H23NO/c1-5-13(10-15-4)16-14-8-6-7-12(9-14)11(2)3/h6-9,11,13,15H,5,10H2,1-4H3. The maximum absolute atomic E-state index is 5.93. The maximum Gasteiger partial charge on any atom is 0.120 e. The van der Waals surface area contributed by atoms with Gasteiger partial charge in [-0.25, -0.2) is 0 Å². The number of ether oxygens (including phenoxy) is 1. The van der Waals surface area contributed by atoms with Crippen LogP contribution in [0.25, 0.3) is 0 Å².